The number of hydrogen-bond acceptors (Lipinski definition) is 5. The first-order valence-electron chi connectivity index (χ1n) is 5.15. The number of esters is 1. The zero-order valence-electron chi connectivity index (χ0n) is 9.99. The standard InChI is InChI=1S/C11H12F3NO4/c1-17-9-7(3-2-4-8(9)15)10(16)18-5-6-19-11(12,13)14/h2-4H,5-6,15H2,1H3. The summed E-state index contributed by atoms with van der Waals surface area (Å²) >= 11 is 0. The number of methoxy groups -OCH3 is 1. The molecule has 0 heterocycles. The average Bonchev–Trinajstić information content (AvgIpc) is 2.33. The molecule has 0 unspecified atom stereocenters. The van der Waals surface area contributed by atoms with Gasteiger partial charge in [0.1, 0.15) is 12.2 Å². The fraction of sp³-hybridized carbons (Fsp3) is 0.364. The van der Waals surface area contributed by atoms with Gasteiger partial charge >= 0.3 is 12.3 Å². The molecule has 0 saturated carbocycles. The van der Waals surface area contributed by atoms with Crippen molar-refractivity contribution in [3.63, 3.8) is 0 Å². The highest BCUT2D eigenvalue weighted by Gasteiger charge is 2.28. The van der Waals surface area contributed by atoms with Gasteiger partial charge in [-0.05, 0) is 12.1 Å². The van der Waals surface area contributed by atoms with Gasteiger partial charge in [0, 0.05) is 0 Å². The second kappa shape index (κ2) is 6.28. The number of nitrogen functional groups attached to an aromatic ring is 1. The lowest BCUT2D eigenvalue weighted by Crippen LogP contribution is -2.19. The first-order chi connectivity index (χ1) is 8.85. The van der Waals surface area contributed by atoms with Gasteiger partial charge in [-0.2, -0.15) is 0 Å². The number of benzene rings is 1. The van der Waals surface area contributed by atoms with Crippen LogP contribution in [0.1, 0.15) is 10.4 Å². The quantitative estimate of drug-likeness (QED) is 0.507. The topological polar surface area (TPSA) is 70.8 Å². The molecule has 0 bridgehead atoms. The normalized spacial score (nSPS) is 11.2. The van der Waals surface area contributed by atoms with Crippen LogP contribution in [-0.2, 0) is 9.47 Å². The summed E-state index contributed by atoms with van der Waals surface area (Å²) in [6.07, 6.45) is -4.75. The summed E-state index contributed by atoms with van der Waals surface area (Å²) in [6, 6.07) is 4.41. The molecule has 1 rings (SSSR count). The maximum absolute atomic E-state index is 11.7. The summed E-state index contributed by atoms with van der Waals surface area (Å²) in [5.41, 5.74) is 5.84. The van der Waals surface area contributed by atoms with Crippen molar-refractivity contribution in [1.29, 1.82) is 0 Å². The Morgan fingerprint density at radius 1 is 1.32 bits per heavy atom. The Morgan fingerprint density at radius 2 is 2.00 bits per heavy atom. The van der Waals surface area contributed by atoms with Crippen LogP contribution in [0.5, 0.6) is 5.75 Å². The zero-order chi connectivity index (χ0) is 14.5. The Balaban J connectivity index is 2.57. The molecule has 0 spiro atoms. The van der Waals surface area contributed by atoms with Gasteiger partial charge < -0.3 is 15.2 Å². The Labute approximate surface area is 107 Å². The van der Waals surface area contributed by atoms with E-state index in [0.717, 1.165) is 0 Å². The largest absolute Gasteiger partial charge is 0.522 e. The molecule has 0 aliphatic rings. The molecule has 0 atom stereocenters. The van der Waals surface area contributed by atoms with E-state index in [2.05, 4.69) is 9.47 Å². The van der Waals surface area contributed by atoms with Crippen LogP contribution < -0.4 is 10.5 Å². The number of alkyl halides is 3. The van der Waals surface area contributed by atoms with Crippen molar-refractivity contribution in [1.82, 2.24) is 0 Å². The predicted molar refractivity (Wildman–Crippen MR) is 59.7 cm³/mol. The molecule has 0 aliphatic carbocycles. The molecule has 2 N–H and O–H groups in total. The molecule has 106 valence electrons. The van der Waals surface area contributed by atoms with Crippen LogP contribution in [0.15, 0.2) is 18.2 Å². The van der Waals surface area contributed by atoms with E-state index in [1.165, 1.54) is 25.3 Å². The van der Waals surface area contributed by atoms with Crippen LogP contribution in [0.4, 0.5) is 18.9 Å². The van der Waals surface area contributed by atoms with Crippen LogP contribution in [0.2, 0.25) is 0 Å². The van der Waals surface area contributed by atoms with Gasteiger partial charge in [-0.3, -0.25) is 4.74 Å². The third-order valence-electron chi connectivity index (χ3n) is 2.05. The molecule has 0 aromatic heterocycles. The van der Waals surface area contributed by atoms with Crippen LogP contribution >= 0.6 is 0 Å². The molecule has 19 heavy (non-hydrogen) atoms. The monoisotopic (exact) mass is 279 g/mol. The Bertz CT molecular complexity index is 448. The van der Waals surface area contributed by atoms with Gasteiger partial charge in [0.2, 0.25) is 0 Å². The lowest BCUT2D eigenvalue weighted by molar-refractivity contribution is -0.326. The van der Waals surface area contributed by atoms with Gasteiger partial charge in [0.05, 0.1) is 19.4 Å². The number of halogens is 3. The summed E-state index contributed by atoms with van der Waals surface area (Å²) in [5.74, 6) is -0.723. The van der Waals surface area contributed by atoms with E-state index in [0.29, 0.717) is 0 Å². The van der Waals surface area contributed by atoms with Gasteiger partial charge in [0.25, 0.3) is 0 Å². The number of hydrogen-bond donors (Lipinski definition) is 1. The highest BCUT2D eigenvalue weighted by Crippen LogP contribution is 2.26. The second-order valence-corrected chi connectivity index (χ2v) is 3.36. The predicted octanol–water partition coefficient (Wildman–Crippen LogP) is 1.97. The van der Waals surface area contributed by atoms with Crippen LogP contribution in [-0.4, -0.2) is 32.7 Å². The van der Waals surface area contributed by atoms with Crippen molar-refractivity contribution in [3.8, 4) is 5.75 Å². The molecular weight excluding hydrogens is 267 g/mol. The SMILES string of the molecule is COc1c(N)cccc1C(=O)OCCOC(F)(F)F. The first-order valence-corrected chi connectivity index (χ1v) is 5.15. The van der Waals surface area contributed by atoms with Crippen LogP contribution in [0.25, 0.3) is 0 Å². The molecule has 0 aliphatic heterocycles. The molecule has 1 aromatic rings. The lowest BCUT2D eigenvalue weighted by atomic mass is 10.2. The molecule has 0 saturated heterocycles. The number of rotatable bonds is 5. The number of carbonyl (C=O) groups is 1. The number of ether oxygens (including phenoxy) is 3. The minimum absolute atomic E-state index is 0.0366. The lowest BCUT2D eigenvalue weighted by Gasteiger charge is -2.11. The van der Waals surface area contributed by atoms with E-state index >= 15 is 0 Å². The van der Waals surface area contributed by atoms with Crippen LogP contribution in [0, 0.1) is 0 Å². The summed E-state index contributed by atoms with van der Waals surface area (Å²) < 4.78 is 48.0. The highest BCUT2D eigenvalue weighted by atomic mass is 19.4. The summed E-state index contributed by atoms with van der Waals surface area (Å²) in [5, 5.41) is 0. The van der Waals surface area contributed by atoms with Crippen molar-refractivity contribution in [2.24, 2.45) is 0 Å². The molecule has 0 radical (unpaired) electrons. The smallest absolute Gasteiger partial charge is 0.494 e. The average molecular weight is 279 g/mol. The van der Waals surface area contributed by atoms with Crippen molar-refractivity contribution in [2.45, 2.75) is 6.36 Å². The number of anilines is 1. The zero-order valence-corrected chi connectivity index (χ0v) is 9.99. The van der Waals surface area contributed by atoms with E-state index in [-0.39, 0.29) is 17.0 Å². The maximum atomic E-state index is 11.7. The van der Waals surface area contributed by atoms with E-state index in [9.17, 15) is 18.0 Å². The van der Waals surface area contributed by atoms with Gasteiger partial charge in [-0.25, -0.2) is 4.79 Å². The third-order valence-corrected chi connectivity index (χ3v) is 2.05. The summed E-state index contributed by atoms with van der Waals surface area (Å²) in [7, 11) is 1.31. The summed E-state index contributed by atoms with van der Waals surface area (Å²) in [4.78, 5) is 11.6. The molecule has 0 fully saturated rings. The van der Waals surface area contributed by atoms with Crippen molar-refractivity contribution in [3.05, 3.63) is 23.8 Å². The minimum Gasteiger partial charge on any atom is -0.494 e. The van der Waals surface area contributed by atoms with Gasteiger partial charge in [0.15, 0.2) is 5.75 Å². The van der Waals surface area contributed by atoms with Gasteiger partial charge in [-0.15, -0.1) is 13.2 Å². The van der Waals surface area contributed by atoms with E-state index in [1.807, 2.05) is 0 Å². The van der Waals surface area contributed by atoms with Crippen molar-refractivity contribution < 1.29 is 32.2 Å². The van der Waals surface area contributed by atoms with E-state index in [4.69, 9.17) is 10.5 Å². The van der Waals surface area contributed by atoms with Crippen LogP contribution in [0.3, 0.4) is 0 Å². The molecule has 5 nitrogen and oxygen atoms in total. The highest BCUT2D eigenvalue weighted by molar-refractivity contribution is 5.94. The molecule has 1 aromatic carbocycles. The van der Waals surface area contributed by atoms with Crippen molar-refractivity contribution >= 4 is 11.7 Å². The number of nitrogens with two attached hydrogens (primary N) is 1. The van der Waals surface area contributed by atoms with Gasteiger partial charge in [-0.1, -0.05) is 6.07 Å². The van der Waals surface area contributed by atoms with E-state index < -0.39 is 25.5 Å². The Kier molecular flexibility index (Phi) is 4.99. The Morgan fingerprint density at radius 3 is 2.58 bits per heavy atom. The minimum atomic E-state index is -4.75. The third kappa shape index (κ3) is 4.66. The van der Waals surface area contributed by atoms with Crippen molar-refractivity contribution in [2.75, 3.05) is 26.1 Å². The molecular formula is C11H12F3NO4. The number of carbonyl (C=O) groups excluding carboxylic acids is 1. The molecule has 0 amide bonds. The first kappa shape index (κ1) is 15.1. The number of para-hydroxylation sites is 1. The van der Waals surface area contributed by atoms with E-state index in [1.54, 1.807) is 0 Å². The maximum Gasteiger partial charge on any atom is 0.522 e. The molecule has 8 heteroatoms. The fourth-order valence-electron chi connectivity index (χ4n) is 1.31. The Hall–Kier alpha value is -1.96. The summed E-state index contributed by atoms with van der Waals surface area (Å²) in [6.45, 7) is -1.31. The second-order valence-electron chi connectivity index (χ2n) is 3.36. The fourth-order valence-corrected chi connectivity index (χ4v) is 1.31.